The van der Waals surface area contributed by atoms with Crippen LogP contribution in [0.1, 0.15) is 33.1 Å². The van der Waals surface area contributed by atoms with E-state index in [1.807, 2.05) is 4.90 Å². The number of amides is 2. The Morgan fingerprint density at radius 3 is 2.52 bits per heavy atom. The standard InChI is InChI=1S/C20H27F3N4O2/c1-13(2)24-14-7-9-26(10-8-14)12-19(29)27-16-6-4-3-5-15(16)25-18(28)11-17(27)20(21,22)23/h3-6,13-14,17,24H,7-12H2,1-2H3,(H,25,28). The third-order valence-electron chi connectivity index (χ3n) is 5.29. The maximum Gasteiger partial charge on any atom is 0.409 e. The SMILES string of the molecule is CC(C)NC1CCN(CC(=O)N2c3ccccc3NC(=O)CC2C(F)(F)F)CC1. The van der Waals surface area contributed by atoms with Crippen LogP contribution < -0.4 is 15.5 Å². The topological polar surface area (TPSA) is 64.7 Å². The zero-order chi connectivity index (χ0) is 21.2. The molecule has 1 aromatic rings. The number of nitrogens with zero attached hydrogens (tertiary/aromatic N) is 2. The lowest BCUT2D eigenvalue weighted by atomic mass is 10.0. The molecule has 2 amide bonds. The number of para-hydroxylation sites is 2. The predicted octanol–water partition coefficient (Wildman–Crippen LogP) is 2.76. The number of anilines is 2. The van der Waals surface area contributed by atoms with E-state index in [-0.39, 0.29) is 17.9 Å². The van der Waals surface area contributed by atoms with Gasteiger partial charge < -0.3 is 10.6 Å². The molecule has 1 unspecified atom stereocenters. The maximum absolute atomic E-state index is 13.8. The average Bonchev–Trinajstić information content (AvgIpc) is 2.78. The molecule has 1 fully saturated rings. The second kappa shape index (κ2) is 8.71. The van der Waals surface area contributed by atoms with Crippen molar-refractivity contribution in [2.75, 3.05) is 29.9 Å². The Kier molecular flexibility index (Phi) is 6.48. The van der Waals surface area contributed by atoms with Crippen molar-refractivity contribution in [3.8, 4) is 0 Å². The van der Waals surface area contributed by atoms with Crippen molar-refractivity contribution in [2.24, 2.45) is 0 Å². The number of halogens is 3. The molecule has 2 aliphatic heterocycles. The molecule has 29 heavy (non-hydrogen) atoms. The Hall–Kier alpha value is -2.13. The molecule has 2 aliphatic rings. The third kappa shape index (κ3) is 5.27. The summed E-state index contributed by atoms with van der Waals surface area (Å²) in [5, 5.41) is 5.94. The van der Waals surface area contributed by atoms with Gasteiger partial charge in [-0.15, -0.1) is 0 Å². The monoisotopic (exact) mass is 412 g/mol. The summed E-state index contributed by atoms with van der Waals surface area (Å²) in [4.78, 5) is 27.7. The molecule has 2 N–H and O–H groups in total. The molecule has 6 nitrogen and oxygen atoms in total. The van der Waals surface area contributed by atoms with E-state index in [0.717, 1.165) is 17.7 Å². The van der Waals surface area contributed by atoms with E-state index in [4.69, 9.17) is 0 Å². The first-order valence-electron chi connectivity index (χ1n) is 9.91. The largest absolute Gasteiger partial charge is 0.409 e. The van der Waals surface area contributed by atoms with Gasteiger partial charge in [0.2, 0.25) is 11.8 Å². The lowest BCUT2D eigenvalue weighted by Gasteiger charge is -2.36. The first-order chi connectivity index (χ1) is 13.6. The van der Waals surface area contributed by atoms with Crippen molar-refractivity contribution < 1.29 is 22.8 Å². The van der Waals surface area contributed by atoms with E-state index in [2.05, 4.69) is 24.5 Å². The normalized spacial score (nSPS) is 21.7. The Morgan fingerprint density at radius 2 is 1.90 bits per heavy atom. The van der Waals surface area contributed by atoms with Crippen LogP contribution in [0.5, 0.6) is 0 Å². The number of hydrogen-bond acceptors (Lipinski definition) is 4. The first kappa shape index (κ1) is 21.6. The maximum atomic E-state index is 13.8. The highest BCUT2D eigenvalue weighted by Gasteiger charge is 2.49. The molecule has 2 heterocycles. The van der Waals surface area contributed by atoms with E-state index in [1.165, 1.54) is 12.1 Å². The number of nitrogens with one attached hydrogen (secondary N) is 2. The van der Waals surface area contributed by atoms with Crippen molar-refractivity contribution in [1.29, 1.82) is 0 Å². The van der Waals surface area contributed by atoms with E-state index in [0.29, 0.717) is 25.2 Å². The summed E-state index contributed by atoms with van der Waals surface area (Å²) in [5.74, 6) is -1.40. The minimum absolute atomic E-state index is 0.0852. The lowest BCUT2D eigenvalue weighted by molar-refractivity contribution is -0.158. The van der Waals surface area contributed by atoms with Crippen LogP contribution in [0.2, 0.25) is 0 Å². The highest BCUT2D eigenvalue weighted by molar-refractivity contribution is 6.05. The van der Waals surface area contributed by atoms with Crippen molar-refractivity contribution in [2.45, 2.75) is 57.4 Å². The van der Waals surface area contributed by atoms with E-state index in [1.54, 1.807) is 12.1 Å². The molecule has 160 valence electrons. The van der Waals surface area contributed by atoms with Gasteiger partial charge in [0.25, 0.3) is 0 Å². The second-order valence-corrected chi connectivity index (χ2v) is 7.96. The van der Waals surface area contributed by atoms with Gasteiger partial charge in [-0.2, -0.15) is 13.2 Å². The summed E-state index contributed by atoms with van der Waals surface area (Å²) in [6.07, 6.45) is -3.85. The number of benzene rings is 1. The van der Waals surface area contributed by atoms with Crippen molar-refractivity contribution in [3.05, 3.63) is 24.3 Å². The number of carbonyl (C=O) groups is 2. The lowest BCUT2D eigenvalue weighted by Crippen LogP contribution is -2.54. The summed E-state index contributed by atoms with van der Waals surface area (Å²) in [7, 11) is 0. The number of alkyl halides is 3. The summed E-state index contributed by atoms with van der Waals surface area (Å²) in [6, 6.07) is 4.66. The van der Waals surface area contributed by atoms with E-state index < -0.39 is 30.5 Å². The Morgan fingerprint density at radius 1 is 1.24 bits per heavy atom. The quantitative estimate of drug-likeness (QED) is 0.798. The smallest absolute Gasteiger partial charge is 0.324 e. The summed E-state index contributed by atoms with van der Waals surface area (Å²) in [5.41, 5.74) is 0.305. The molecule has 0 radical (unpaired) electrons. The van der Waals surface area contributed by atoms with Crippen LogP contribution in [0, 0.1) is 0 Å². The Balaban J connectivity index is 1.78. The van der Waals surface area contributed by atoms with Gasteiger partial charge >= 0.3 is 6.18 Å². The summed E-state index contributed by atoms with van der Waals surface area (Å²) in [6.45, 7) is 5.31. The number of piperidine rings is 1. The van der Waals surface area contributed by atoms with Gasteiger partial charge in [-0.25, -0.2) is 0 Å². The summed E-state index contributed by atoms with van der Waals surface area (Å²) >= 11 is 0. The van der Waals surface area contributed by atoms with Crippen LogP contribution in [0.25, 0.3) is 0 Å². The van der Waals surface area contributed by atoms with Crippen LogP contribution in [0.15, 0.2) is 24.3 Å². The van der Waals surface area contributed by atoms with Crippen LogP contribution in [0.4, 0.5) is 24.5 Å². The van der Waals surface area contributed by atoms with E-state index >= 15 is 0 Å². The molecule has 0 saturated carbocycles. The molecule has 1 atom stereocenters. The van der Waals surface area contributed by atoms with Crippen molar-refractivity contribution in [3.63, 3.8) is 0 Å². The minimum Gasteiger partial charge on any atom is -0.324 e. The molecule has 0 bridgehead atoms. The molecule has 1 saturated heterocycles. The number of fused-ring (bicyclic) bond motifs is 1. The molecule has 1 aromatic carbocycles. The highest BCUT2D eigenvalue weighted by Crippen LogP contribution is 2.37. The molecule has 0 aliphatic carbocycles. The fourth-order valence-corrected chi connectivity index (χ4v) is 3.99. The number of rotatable bonds is 4. The van der Waals surface area contributed by atoms with E-state index in [9.17, 15) is 22.8 Å². The zero-order valence-electron chi connectivity index (χ0n) is 16.6. The van der Waals surface area contributed by atoms with Gasteiger partial charge in [0.1, 0.15) is 6.04 Å². The van der Waals surface area contributed by atoms with Crippen LogP contribution in [-0.2, 0) is 9.59 Å². The van der Waals surface area contributed by atoms with Crippen LogP contribution in [-0.4, -0.2) is 60.7 Å². The van der Waals surface area contributed by atoms with Crippen molar-refractivity contribution >= 4 is 23.2 Å². The van der Waals surface area contributed by atoms with Gasteiger partial charge in [-0.1, -0.05) is 26.0 Å². The second-order valence-electron chi connectivity index (χ2n) is 7.96. The van der Waals surface area contributed by atoms with Gasteiger partial charge in [0.05, 0.1) is 24.3 Å². The van der Waals surface area contributed by atoms with Crippen LogP contribution >= 0.6 is 0 Å². The van der Waals surface area contributed by atoms with Gasteiger partial charge in [-0.05, 0) is 25.0 Å². The molecule has 3 rings (SSSR count). The average molecular weight is 412 g/mol. The fraction of sp³-hybridized carbons (Fsp3) is 0.600. The van der Waals surface area contributed by atoms with Gasteiger partial charge in [-0.3, -0.25) is 19.4 Å². The van der Waals surface area contributed by atoms with Gasteiger partial charge in [0, 0.05) is 25.2 Å². The molecule has 0 aromatic heterocycles. The zero-order valence-corrected chi connectivity index (χ0v) is 16.6. The molecular formula is C20H27F3N4O2. The minimum atomic E-state index is -4.71. The fourth-order valence-electron chi connectivity index (χ4n) is 3.99. The highest BCUT2D eigenvalue weighted by atomic mass is 19.4. The van der Waals surface area contributed by atoms with Gasteiger partial charge in [0.15, 0.2) is 0 Å². The summed E-state index contributed by atoms with van der Waals surface area (Å²) < 4.78 is 41.3. The Labute approximate surface area is 168 Å². The number of carbonyl (C=O) groups excluding carboxylic acids is 2. The molecule has 9 heteroatoms. The van der Waals surface area contributed by atoms with Crippen LogP contribution in [0.3, 0.4) is 0 Å². The number of likely N-dealkylation sites (tertiary alicyclic amines) is 1. The molecular weight excluding hydrogens is 385 g/mol. The molecule has 0 spiro atoms. The van der Waals surface area contributed by atoms with Crippen molar-refractivity contribution in [1.82, 2.24) is 10.2 Å². The Bertz CT molecular complexity index is 745. The first-order valence-corrected chi connectivity index (χ1v) is 9.91. The number of hydrogen-bond donors (Lipinski definition) is 2. The predicted molar refractivity (Wildman–Crippen MR) is 105 cm³/mol. The third-order valence-corrected chi connectivity index (χ3v) is 5.29.